The SMILES string of the molecule is CC(=O)NCc1ccc(C(=O)N2CCn3c(nnc3C(C)C)C2)cc1. The second-order valence-electron chi connectivity index (χ2n) is 6.61. The summed E-state index contributed by atoms with van der Waals surface area (Å²) >= 11 is 0. The molecule has 2 heterocycles. The number of aromatic nitrogens is 3. The minimum absolute atomic E-state index is 0.00794. The maximum Gasteiger partial charge on any atom is 0.254 e. The van der Waals surface area contributed by atoms with Gasteiger partial charge in [-0.2, -0.15) is 0 Å². The van der Waals surface area contributed by atoms with Crippen LogP contribution in [0.15, 0.2) is 24.3 Å². The van der Waals surface area contributed by atoms with E-state index in [2.05, 4.69) is 33.9 Å². The normalized spacial score (nSPS) is 13.7. The maximum absolute atomic E-state index is 12.7. The number of hydrogen-bond donors (Lipinski definition) is 1. The van der Waals surface area contributed by atoms with Crippen molar-refractivity contribution in [2.24, 2.45) is 0 Å². The molecule has 25 heavy (non-hydrogen) atoms. The molecule has 1 aliphatic heterocycles. The summed E-state index contributed by atoms with van der Waals surface area (Å²) in [6.45, 7) is 7.99. The Bertz CT molecular complexity index is 779. The van der Waals surface area contributed by atoms with Crippen LogP contribution in [0.3, 0.4) is 0 Å². The van der Waals surface area contributed by atoms with Gasteiger partial charge in [-0.3, -0.25) is 9.59 Å². The third-order valence-corrected chi connectivity index (χ3v) is 4.33. The Morgan fingerprint density at radius 2 is 1.88 bits per heavy atom. The summed E-state index contributed by atoms with van der Waals surface area (Å²) in [6.07, 6.45) is 0. The summed E-state index contributed by atoms with van der Waals surface area (Å²) in [5, 5.41) is 11.2. The van der Waals surface area contributed by atoms with Gasteiger partial charge in [0.1, 0.15) is 5.82 Å². The van der Waals surface area contributed by atoms with Gasteiger partial charge in [0, 0.05) is 38.0 Å². The summed E-state index contributed by atoms with van der Waals surface area (Å²) < 4.78 is 2.12. The first kappa shape index (κ1) is 17.1. The molecule has 1 aromatic heterocycles. The van der Waals surface area contributed by atoms with Crippen molar-refractivity contribution in [3.63, 3.8) is 0 Å². The van der Waals surface area contributed by atoms with Crippen molar-refractivity contribution in [2.45, 2.75) is 46.3 Å². The molecule has 0 spiro atoms. The number of nitrogens with one attached hydrogen (secondary N) is 1. The van der Waals surface area contributed by atoms with Crippen molar-refractivity contribution in [3.8, 4) is 0 Å². The lowest BCUT2D eigenvalue weighted by Crippen LogP contribution is -2.38. The minimum Gasteiger partial charge on any atom is -0.352 e. The molecule has 0 unspecified atom stereocenters. The van der Waals surface area contributed by atoms with Crippen molar-refractivity contribution >= 4 is 11.8 Å². The van der Waals surface area contributed by atoms with Crippen LogP contribution in [0, 0.1) is 0 Å². The van der Waals surface area contributed by atoms with Crippen LogP contribution in [0.5, 0.6) is 0 Å². The molecule has 7 heteroatoms. The zero-order chi connectivity index (χ0) is 18.0. The third kappa shape index (κ3) is 3.70. The molecule has 0 aliphatic carbocycles. The Kier molecular flexibility index (Phi) is 4.83. The number of fused-ring (bicyclic) bond motifs is 1. The maximum atomic E-state index is 12.7. The fraction of sp³-hybridized carbons (Fsp3) is 0.444. The Morgan fingerprint density at radius 1 is 1.16 bits per heavy atom. The van der Waals surface area contributed by atoms with Crippen molar-refractivity contribution in [3.05, 3.63) is 47.0 Å². The first-order chi connectivity index (χ1) is 12.0. The summed E-state index contributed by atoms with van der Waals surface area (Å²) in [5.74, 6) is 2.06. The van der Waals surface area contributed by atoms with E-state index in [-0.39, 0.29) is 11.8 Å². The van der Waals surface area contributed by atoms with Gasteiger partial charge in [0.25, 0.3) is 5.91 Å². The lowest BCUT2D eigenvalue weighted by atomic mass is 10.1. The van der Waals surface area contributed by atoms with Crippen molar-refractivity contribution in [1.82, 2.24) is 25.0 Å². The average molecular weight is 341 g/mol. The van der Waals surface area contributed by atoms with Crippen LogP contribution in [0.4, 0.5) is 0 Å². The first-order valence-corrected chi connectivity index (χ1v) is 8.50. The number of carbonyl (C=O) groups is 2. The molecule has 0 radical (unpaired) electrons. The topological polar surface area (TPSA) is 80.1 Å². The Balaban J connectivity index is 1.68. The zero-order valence-electron chi connectivity index (χ0n) is 14.8. The highest BCUT2D eigenvalue weighted by Gasteiger charge is 2.25. The molecule has 3 rings (SSSR count). The molecule has 0 bridgehead atoms. The highest BCUT2D eigenvalue weighted by atomic mass is 16.2. The van der Waals surface area contributed by atoms with Gasteiger partial charge in [0.2, 0.25) is 5.91 Å². The Morgan fingerprint density at radius 3 is 2.52 bits per heavy atom. The molecular weight excluding hydrogens is 318 g/mol. The zero-order valence-corrected chi connectivity index (χ0v) is 14.8. The smallest absolute Gasteiger partial charge is 0.254 e. The fourth-order valence-corrected chi connectivity index (χ4v) is 2.95. The first-order valence-electron chi connectivity index (χ1n) is 8.50. The molecule has 132 valence electrons. The molecule has 0 saturated heterocycles. The fourth-order valence-electron chi connectivity index (χ4n) is 2.95. The van der Waals surface area contributed by atoms with Gasteiger partial charge in [-0.1, -0.05) is 26.0 Å². The van der Waals surface area contributed by atoms with E-state index in [1.165, 1.54) is 6.92 Å². The summed E-state index contributed by atoms with van der Waals surface area (Å²) in [4.78, 5) is 25.5. The van der Waals surface area contributed by atoms with Gasteiger partial charge >= 0.3 is 0 Å². The molecule has 1 N–H and O–H groups in total. The number of benzene rings is 1. The van der Waals surface area contributed by atoms with E-state index < -0.39 is 0 Å². The summed E-state index contributed by atoms with van der Waals surface area (Å²) in [5.41, 5.74) is 1.61. The number of carbonyl (C=O) groups excluding carboxylic acids is 2. The quantitative estimate of drug-likeness (QED) is 0.918. The summed E-state index contributed by atoms with van der Waals surface area (Å²) in [7, 11) is 0. The van der Waals surface area contributed by atoms with Crippen LogP contribution in [-0.4, -0.2) is 38.0 Å². The van der Waals surface area contributed by atoms with Gasteiger partial charge in [-0.15, -0.1) is 10.2 Å². The molecule has 0 saturated carbocycles. The number of rotatable bonds is 4. The lowest BCUT2D eigenvalue weighted by Gasteiger charge is -2.28. The van der Waals surface area contributed by atoms with E-state index in [1.807, 2.05) is 12.1 Å². The minimum atomic E-state index is -0.0710. The van der Waals surface area contributed by atoms with E-state index >= 15 is 0 Å². The highest BCUT2D eigenvalue weighted by Crippen LogP contribution is 2.19. The summed E-state index contributed by atoms with van der Waals surface area (Å²) in [6, 6.07) is 7.34. The van der Waals surface area contributed by atoms with E-state index in [9.17, 15) is 9.59 Å². The van der Waals surface area contributed by atoms with Crippen LogP contribution in [-0.2, 0) is 24.4 Å². The van der Waals surface area contributed by atoms with Gasteiger partial charge in [-0.05, 0) is 17.7 Å². The van der Waals surface area contributed by atoms with Gasteiger partial charge < -0.3 is 14.8 Å². The van der Waals surface area contributed by atoms with Crippen LogP contribution < -0.4 is 5.32 Å². The van der Waals surface area contributed by atoms with Gasteiger partial charge in [-0.25, -0.2) is 0 Å². The number of hydrogen-bond acceptors (Lipinski definition) is 4. The van der Waals surface area contributed by atoms with Gasteiger partial charge in [0.15, 0.2) is 5.82 Å². The monoisotopic (exact) mass is 341 g/mol. The predicted molar refractivity (Wildman–Crippen MR) is 92.8 cm³/mol. The van der Waals surface area contributed by atoms with E-state index in [0.29, 0.717) is 31.1 Å². The number of amides is 2. The second kappa shape index (κ2) is 7.04. The van der Waals surface area contributed by atoms with E-state index in [0.717, 1.165) is 23.8 Å². The molecule has 0 fully saturated rings. The molecule has 7 nitrogen and oxygen atoms in total. The van der Waals surface area contributed by atoms with Crippen LogP contribution in [0.25, 0.3) is 0 Å². The second-order valence-corrected chi connectivity index (χ2v) is 6.61. The Labute approximate surface area is 147 Å². The van der Waals surface area contributed by atoms with Crippen molar-refractivity contribution in [2.75, 3.05) is 6.54 Å². The molecule has 2 aromatic rings. The van der Waals surface area contributed by atoms with E-state index in [1.54, 1.807) is 17.0 Å². The third-order valence-electron chi connectivity index (χ3n) is 4.33. The van der Waals surface area contributed by atoms with Crippen LogP contribution >= 0.6 is 0 Å². The largest absolute Gasteiger partial charge is 0.352 e. The molecular formula is C18H23N5O2. The van der Waals surface area contributed by atoms with Crippen LogP contribution in [0.1, 0.15) is 54.3 Å². The predicted octanol–water partition coefficient (Wildman–Crippen LogP) is 1.69. The van der Waals surface area contributed by atoms with Crippen molar-refractivity contribution < 1.29 is 9.59 Å². The standard InChI is InChI=1S/C18H23N5O2/c1-12(2)17-21-20-16-11-22(8-9-23(16)17)18(25)15-6-4-14(5-7-15)10-19-13(3)24/h4-7,12H,8-11H2,1-3H3,(H,19,24). The molecule has 1 aromatic carbocycles. The van der Waals surface area contributed by atoms with Crippen LogP contribution in [0.2, 0.25) is 0 Å². The highest BCUT2D eigenvalue weighted by molar-refractivity contribution is 5.94. The number of nitrogens with zero attached hydrogens (tertiary/aromatic N) is 4. The van der Waals surface area contributed by atoms with Crippen molar-refractivity contribution in [1.29, 1.82) is 0 Å². The lowest BCUT2D eigenvalue weighted by molar-refractivity contribution is -0.119. The van der Waals surface area contributed by atoms with Gasteiger partial charge in [0.05, 0.1) is 6.54 Å². The van der Waals surface area contributed by atoms with E-state index in [4.69, 9.17) is 0 Å². The average Bonchev–Trinajstić information content (AvgIpc) is 3.03. The molecule has 0 atom stereocenters. The Hall–Kier alpha value is -2.70. The molecule has 1 aliphatic rings. The molecule has 2 amide bonds.